The number of carbonyl (C=O) groups excluding carboxylic acids is 1. The van der Waals surface area contributed by atoms with Gasteiger partial charge in [0.05, 0.1) is 22.1 Å². The molecule has 9 nitrogen and oxygen atoms in total. The first kappa shape index (κ1) is 27.3. The monoisotopic (exact) mass is 573 g/mol. The summed E-state index contributed by atoms with van der Waals surface area (Å²) in [6.45, 7) is 3.64. The van der Waals surface area contributed by atoms with Crippen molar-refractivity contribution >= 4 is 67.1 Å². The van der Waals surface area contributed by atoms with E-state index in [2.05, 4.69) is 15.5 Å². The number of amides is 1. The highest BCUT2D eigenvalue weighted by molar-refractivity contribution is 7.85. The highest BCUT2D eigenvalue weighted by Gasteiger charge is 2.20. The second kappa shape index (κ2) is 11.0. The van der Waals surface area contributed by atoms with Gasteiger partial charge in [-0.05, 0) is 55.1 Å². The third kappa shape index (κ3) is 5.73. The molecule has 0 bridgehead atoms. The fourth-order valence-corrected chi connectivity index (χ4v) is 5.00. The molecule has 0 unspecified atom stereocenters. The fourth-order valence-electron chi connectivity index (χ4n) is 3.79. The van der Waals surface area contributed by atoms with Gasteiger partial charge in [0.2, 0.25) is 0 Å². The van der Waals surface area contributed by atoms with E-state index in [1.807, 2.05) is 6.92 Å². The Balaban J connectivity index is 1.77. The Morgan fingerprint density at radius 1 is 1.05 bits per heavy atom. The maximum absolute atomic E-state index is 13.2. The summed E-state index contributed by atoms with van der Waals surface area (Å²) in [6, 6.07) is 15.6. The highest BCUT2D eigenvalue weighted by atomic mass is 35.5. The van der Waals surface area contributed by atoms with Gasteiger partial charge in [0, 0.05) is 22.2 Å². The van der Waals surface area contributed by atoms with Crippen molar-refractivity contribution in [1.29, 1.82) is 0 Å². The number of phenolic OH excluding ortho intramolecular Hbond substituents is 1. The van der Waals surface area contributed by atoms with Crippen molar-refractivity contribution in [2.75, 3.05) is 11.9 Å². The zero-order valence-electron chi connectivity index (χ0n) is 20.1. The number of anilines is 1. The van der Waals surface area contributed by atoms with E-state index in [9.17, 15) is 22.9 Å². The van der Waals surface area contributed by atoms with Gasteiger partial charge in [-0.2, -0.15) is 8.42 Å². The molecule has 4 aromatic rings. The molecule has 0 aliphatic rings. The number of benzene rings is 4. The van der Waals surface area contributed by atoms with Crippen LogP contribution < -0.4 is 10.1 Å². The summed E-state index contributed by atoms with van der Waals surface area (Å²) >= 11 is 12.4. The van der Waals surface area contributed by atoms with E-state index >= 15 is 0 Å². The average molecular weight is 574 g/mol. The van der Waals surface area contributed by atoms with Crippen LogP contribution >= 0.6 is 23.2 Å². The number of nitrogens with zero attached hydrogens (tertiary/aromatic N) is 2. The molecule has 4 rings (SSSR count). The van der Waals surface area contributed by atoms with Crippen molar-refractivity contribution in [3.63, 3.8) is 0 Å². The Morgan fingerprint density at radius 2 is 1.79 bits per heavy atom. The summed E-state index contributed by atoms with van der Waals surface area (Å²) in [6.07, 6.45) is 0. The van der Waals surface area contributed by atoms with Crippen molar-refractivity contribution in [2.24, 2.45) is 10.2 Å². The first-order valence-corrected chi connectivity index (χ1v) is 13.4. The second-order valence-corrected chi connectivity index (χ2v) is 10.3. The molecule has 0 aromatic heterocycles. The predicted molar refractivity (Wildman–Crippen MR) is 146 cm³/mol. The topological polar surface area (TPSA) is 138 Å². The van der Waals surface area contributed by atoms with Gasteiger partial charge >= 0.3 is 0 Å². The number of hydrogen-bond acceptors (Lipinski definition) is 7. The van der Waals surface area contributed by atoms with E-state index in [-0.39, 0.29) is 32.4 Å². The molecule has 4 aromatic carbocycles. The van der Waals surface area contributed by atoms with E-state index < -0.39 is 21.8 Å². The summed E-state index contributed by atoms with van der Waals surface area (Å²) in [4.78, 5) is 12.8. The molecule has 12 heteroatoms. The lowest BCUT2D eigenvalue weighted by atomic mass is 10.0. The SMILES string of the molecule is CCOc1cc(Cl)cc(NC(=O)c2cc3ccccc3c(N=Nc3ccc(S(=O)(=O)O)c(C)c3Cl)c2O)c1. The maximum atomic E-state index is 13.2. The number of phenols is 1. The Bertz CT molecular complexity index is 1710. The molecule has 0 spiro atoms. The van der Waals surface area contributed by atoms with Crippen molar-refractivity contribution < 1.29 is 27.6 Å². The molecule has 196 valence electrons. The number of azo groups is 1. The van der Waals surface area contributed by atoms with Gasteiger partial charge in [-0.3, -0.25) is 9.35 Å². The lowest BCUT2D eigenvalue weighted by Crippen LogP contribution is -2.12. The Kier molecular flexibility index (Phi) is 7.89. The van der Waals surface area contributed by atoms with Crippen LogP contribution in [0.3, 0.4) is 0 Å². The third-order valence-corrected chi connectivity index (χ3v) is 7.23. The molecule has 1 amide bonds. The number of nitrogens with one attached hydrogen (secondary N) is 1. The molecular formula is C26H21Cl2N3O6S. The number of halogens is 2. The smallest absolute Gasteiger partial charge is 0.294 e. The van der Waals surface area contributed by atoms with Gasteiger partial charge in [0.1, 0.15) is 17.1 Å². The van der Waals surface area contributed by atoms with Crippen LogP contribution in [0, 0.1) is 6.92 Å². The van der Waals surface area contributed by atoms with Crippen LogP contribution in [-0.2, 0) is 10.1 Å². The molecule has 3 N–H and O–H groups in total. The van der Waals surface area contributed by atoms with Gasteiger partial charge in [0.25, 0.3) is 16.0 Å². The summed E-state index contributed by atoms with van der Waals surface area (Å²) in [7, 11) is -4.48. The minimum absolute atomic E-state index is 0.00178. The fraction of sp³-hybridized carbons (Fsp3) is 0.115. The van der Waals surface area contributed by atoms with Crippen LogP contribution in [-0.4, -0.2) is 30.6 Å². The van der Waals surface area contributed by atoms with E-state index in [1.54, 1.807) is 42.5 Å². The lowest BCUT2D eigenvalue weighted by molar-refractivity contribution is 0.102. The Hall–Kier alpha value is -3.70. The van der Waals surface area contributed by atoms with Crippen molar-refractivity contribution in [3.8, 4) is 11.5 Å². The molecule has 0 saturated heterocycles. The number of ether oxygens (including phenoxy) is 1. The molecule has 0 atom stereocenters. The zero-order chi connectivity index (χ0) is 27.6. The van der Waals surface area contributed by atoms with Crippen LogP contribution in [0.15, 0.2) is 75.8 Å². The van der Waals surface area contributed by atoms with E-state index in [0.717, 1.165) is 6.07 Å². The minimum Gasteiger partial charge on any atom is -0.505 e. The normalized spacial score (nSPS) is 11.7. The van der Waals surface area contributed by atoms with E-state index in [1.165, 1.54) is 19.1 Å². The van der Waals surface area contributed by atoms with Gasteiger partial charge in [-0.1, -0.05) is 47.5 Å². The summed E-state index contributed by atoms with van der Waals surface area (Å²) in [5.74, 6) is -0.583. The van der Waals surface area contributed by atoms with Crippen LogP contribution in [0.2, 0.25) is 10.0 Å². The number of carbonyl (C=O) groups is 1. The van der Waals surface area contributed by atoms with Crippen LogP contribution in [0.1, 0.15) is 22.8 Å². The molecule has 38 heavy (non-hydrogen) atoms. The van der Waals surface area contributed by atoms with Crippen LogP contribution in [0.25, 0.3) is 10.8 Å². The predicted octanol–water partition coefficient (Wildman–Crippen LogP) is 7.47. The first-order valence-electron chi connectivity index (χ1n) is 11.2. The molecule has 0 saturated carbocycles. The second-order valence-electron chi connectivity index (χ2n) is 8.10. The molecule has 0 heterocycles. The first-order chi connectivity index (χ1) is 18.0. The van der Waals surface area contributed by atoms with E-state index in [4.69, 9.17) is 27.9 Å². The van der Waals surface area contributed by atoms with Gasteiger partial charge in [-0.25, -0.2) is 0 Å². The number of fused-ring (bicyclic) bond motifs is 1. The van der Waals surface area contributed by atoms with Gasteiger partial charge in [-0.15, -0.1) is 10.2 Å². The summed E-state index contributed by atoms with van der Waals surface area (Å²) < 4.78 is 37.9. The van der Waals surface area contributed by atoms with E-state index in [0.29, 0.717) is 33.8 Å². The summed E-state index contributed by atoms with van der Waals surface area (Å²) in [5.41, 5.74) is 0.474. The third-order valence-electron chi connectivity index (χ3n) is 5.53. The minimum atomic E-state index is -4.48. The van der Waals surface area contributed by atoms with Crippen LogP contribution in [0.4, 0.5) is 17.1 Å². The van der Waals surface area contributed by atoms with Crippen molar-refractivity contribution in [3.05, 3.63) is 81.8 Å². The molecule has 0 aliphatic carbocycles. The van der Waals surface area contributed by atoms with Crippen molar-refractivity contribution in [2.45, 2.75) is 18.7 Å². The number of rotatable bonds is 7. The molecule has 0 radical (unpaired) electrons. The Labute approximate surface area is 228 Å². The maximum Gasteiger partial charge on any atom is 0.294 e. The summed E-state index contributed by atoms with van der Waals surface area (Å²) in [5, 5.41) is 23.4. The van der Waals surface area contributed by atoms with Gasteiger partial charge < -0.3 is 15.2 Å². The quantitative estimate of drug-likeness (QED) is 0.155. The largest absolute Gasteiger partial charge is 0.505 e. The standard InChI is InChI=1S/C26H21Cl2N3O6S/c1-3-37-18-12-16(27)11-17(13-18)29-26(33)20-10-15-6-4-5-7-19(15)24(25(20)32)31-30-21-8-9-22(38(34,35)36)14(2)23(21)28/h4-13,32H,3H2,1-2H3,(H,29,33)(H,34,35,36). The number of aromatic hydroxyl groups is 1. The van der Waals surface area contributed by atoms with Gasteiger partial charge in [0.15, 0.2) is 5.75 Å². The lowest BCUT2D eigenvalue weighted by Gasteiger charge is -2.12. The molecule has 0 aliphatic heterocycles. The van der Waals surface area contributed by atoms with Crippen LogP contribution in [0.5, 0.6) is 11.5 Å². The van der Waals surface area contributed by atoms with Crippen molar-refractivity contribution in [1.82, 2.24) is 0 Å². The molecule has 0 fully saturated rings. The zero-order valence-corrected chi connectivity index (χ0v) is 22.4. The average Bonchev–Trinajstić information content (AvgIpc) is 2.84. The number of hydrogen-bond donors (Lipinski definition) is 3. The highest BCUT2D eigenvalue weighted by Crippen LogP contribution is 2.41. The molecular weight excluding hydrogens is 553 g/mol. The Morgan fingerprint density at radius 3 is 2.50 bits per heavy atom.